The Balaban J connectivity index is 1.55. The third-order valence-corrected chi connectivity index (χ3v) is 7.71. The van der Waals surface area contributed by atoms with Crippen molar-refractivity contribution < 1.29 is 14.6 Å². The minimum absolute atomic E-state index is 0.142. The maximum Gasteiger partial charge on any atom is 0.263 e. The number of likely N-dealkylation sites (tertiary alicyclic amines) is 2. The van der Waals surface area contributed by atoms with Crippen LogP contribution in [0.15, 0.2) is 6.07 Å². The summed E-state index contributed by atoms with van der Waals surface area (Å²) in [7, 11) is 0. The summed E-state index contributed by atoms with van der Waals surface area (Å²) in [6, 6.07) is 2.13. The zero-order valence-corrected chi connectivity index (χ0v) is 16.5. The first kappa shape index (κ1) is 18.4. The van der Waals surface area contributed by atoms with Gasteiger partial charge in [0.25, 0.3) is 5.91 Å². The average molecular weight is 379 g/mol. The molecule has 144 valence electrons. The van der Waals surface area contributed by atoms with Crippen LogP contribution in [0.5, 0.6) is 0 Å². The van der Waals surface area contributed by atoms with Crippen LogP contribution in [0, 0.1) is 5.92 Å². The molecule has 0 aliphatic carbocycles. The molecule has 1 aromatic rings. The lowest BCUT2D eigenvalue weighted by atomic mass is 9.85. The van der Waals surface area contributed by atoms with Gasteiger partial charge in [-0.1, -0.05) is 6.92 Å². The molecule has 1 unspecified atom stereocenters. The van der Waals surface area contributed by atoms with Crippen molar-refractivity contribution in [2.45, 2.75) is 44.6 Å². The van der Waals surface area contributed by atoms with Crippen LogP contribution in [0.3, 0.4) is 0 Å². The number of ether oxygens (including phenoxy) is 1. The van der Waals surface area contributed by atoms with E-state index in [1.165, 1.54) is 10.4 Å². The quantitative estimate of drug-likeness (QED) is 0.878. The standard InChI is InChI=1S/C20H30N2O3S/c1-2-21-9-6-20(7-10-21)18-16(5-11-25-20)12-17(26-18)19(24)22-8-3-4-15(13-22)14-23/h12,15,23H,2-11,13-14H2,1H3. The Morgan fingerprint density at radius 3 is 2.92 bits per heavy atom. The third kappa shape index (κ3) is 3.33. The smallest absolute Gasteiger partial charge is 0.263 e. The predicted molar refractivity (Wildman–Crippen MR) is 103 cm³/mol. The number of carbonyl (C=O) groups is 1. The molecule has 0 bridgehead atoms. The summed E-state index contributed by atoms with van der Waals surface area (Å²) in [5, 5.41) is 9.45. The molecule has 4 rings (SSSR count). The molecule has 6 heteroatoms. The lowest BCUT2D eigenvalue weighted by Gasteiger charge is -2.43. The number of aliphatic hydroxyl groups is 1. The molecule has 2 saturated heterocycles. The van der Waals surface area contributed by atoms with Crippen LogP contribution in [-0.2, 0) is 16.8 Å². The Morgan fingerprint density at radius 2 is 2.19 bits per heavy atom. The van der Waals surface area contributed by atoms with Gasteiger partial charge in [-0.3, -0.25) is 4.79 Å². The number of carbonyl (C=O) groups excluding carboxylic acids is 1. The summed E-state index contributed by atoms with van der Waals surface area (Å²) in [5.74, 6) is 0.374. The van der Waals surface area contributed by atoms with Gasteiger partial charge in [-0.05, 0) is 56.2 Å². The Kier molecular flexibility index (Phi) is 5.37. The van der Waals surface area contributed by atoms with E-state index in [-0.39, 0.29) is 24.0 Å². The molecule has 2 fully saturated rings. The highest BCUT2D eigenvalue weighted by molar-refractivity contribution is 7.14. The second kappa shape index (κ2) is 7.58. The molecular formula is C20H30N2O3S. The molecule has 1 aromatic heterocycles. The molecule has 3 aliphatic rings. The number of amides is 1. The van der Waals surface area contributed by atoms with Crippen LogP contribution in [-0.4, -0.2) is 66.8 Å². The summed E-state index contributed by atoms with van der Waals surface area (Å²) in [6.07, 6.45) is 4.97. The maximum absolute atomic E-state index is 13.1. The zero-order chi connectivity index (χ0) is 18.1. The second-order valence-electron chi connectivity index (χ2n) is 7.93. The molecule has 1 amide bonds. The van der Waals surface area contributed by atoms with E-state index in [4.69, 9.17) is 4.74 Å². The summed E-state index contributed by atoms with van der Waals surface area (Å²) < 4.78 is 6.32. The third-order valence-electron chi connectivity index (χ3n) is 6.36. The van der Waals surface area contributed by atoms with Crippen molar-refractivity contribution in [2.75, 3.05) is 45.9 Å². The van der Waals surface area contributed by atoms with E-state index in [0.29, 0.717) is 6.54 Å². The van der Waals surface area contributed by atoms with Crippen LogP contribution in [0.25, 0.3) is 0 Å². The summed E-state index contributed by atoms with van der Waals surface area (Å²) >= 11 is 1.66. The molecule has 0 saturated carbocycles. The van der Waals surface area contributed by atoms with Gasteiger partial charge < -0.3 is 19.6 Å². The highest BCUT2D eigenvalue weighted by atomic mass is 32.1. The van der Waals surface area contributed by atoms with Crippen LogP contribution < -0.4 is 0 Å². The van der Waals surface area contributed by atoms with Crippen molar-refractivity contribution in [3.05, 3.63) is 21.4 Å². The van der Waals surface area contributed by atoms with Gasteiger partial charge in [0.15, 0.2) is 0 Å². The van der Waals surface area contributed by atoms with Gasteiger partial charge in [0.05, 0.1) is 11.5 Å². The van der Waals surface area contributed by atoms with Crippen LogP contribution in [0.2, 0.25) is 0 Å². The Morgan fingerprint density at radius 1 is 1.38 bits per heavy atom. The number of rotatable bonds is 3. The Labute approximate surface area is 159 Å². The van der Waals surface area contributed by atoms with Crippen molar-refractivity contribution in [3.63, 3.8) is 0 Å². The van der Waals surface area contributed by atoms with E-state index in [1.807, 2.05) is 4.90 Å². The van der Waals surface area contributed by atoms with Crippen molar-refractivity contribution in [3.8, 4) is 0 Å². The molecule has 26 heavy (non-hydrogen) atoms. The number of hydrogen-bond acceptors (Lipinski definition) is 5. The fraction of sp³-hybridized carbons (Fsp3) is 0.750. The molecule has 1 spiro atoms. The number of hydrogen-bond donors (Lipinski definition) is 1. The highest BCUT2D eigenvalue weighted by Crippen LogP contribution is 2.45. The van der Waals surface area contributed by atoms with Gasteiger partial charge in [-0.15, -0.1) is 11.3 Å². The lowest BCUT2D eigenvalue weighted by Crippen LogP contribution is -2.45. The van der Waals surface area contributed by atoms with Crippen LogP contribution in [0.1, 0.15) is 52.7 Å². The van der Waals surface area contributed by atoms with Crippen molar-refractivity contribution in [1.29, 1.82) is 0 Å². The van der Waals surface area contributed by atoms with E-state index in [1.54, 1.807) is 11.3 Å². The first-order chi connectivity index (χ1) is 12.6. The topological polar surface area (TPSA) is 53.0 Å². The molecule has 1 N–H and O–H groups in total. The van der Waals surface area contributed by atoms with E-state index in [0.717, 1.165) is 69.8 Å². The Hall–Kier alpha value is -0.950. The van der Waals surface area contributed by atoms with Gasteiger partial charge in [-0.2, -0.15) is 0 Å². The summed E-state index contributed by atoms with van der Waals surface area (Å²) in [4.78, 5) is 19.6. The van der Waals surface area contributed by atoms with E-state index >= 15 is 0 Å². The molecule has 0 radical (unpaired) electrons. The van der Waals surface area contributed by atoms with Crippen molar-refractivity contribution in [2.24, 2.45) is 5.92 Å². The normalized spacial score (nSPS) is 26.1. The SMILES string of the molecule is CCN1CCC2(CC1)OCCc1cc(C(=O)N3CCCC(CO)C3)sc12. The number of piperidine rings is 2. The highest BCUT2D eigenvalue weighted by Gasteiger charge is 2.42. The summed E-state index contributed by atoms with van der Waals surface area (Å²) in [5.41, 5.74) is 1.16. The zero-order valence-electron chi connectivity index (χ0n) is 15.7. The molecule has 0 aromatic carbocycles. The predicted octanol–water partition coefficient (Wildman–Crippen LogP) is 2.48. The van der Waals surface area contributed by atoms with Crippen molar-refractivity contribution >= 4 is 17.2 Å². The second-order valence-corrected chi connectivity index (χ2v) is 8.99. The van der Waals surface area contributed by atoms with Gasteiger partial charge in [0.2, 0.25) is 0 Å². The van der Waals surface area contributed by atoms with Gasteiger partial charge in [0.1, 0.15) is 5.60 Å². The fourth-order valence-electron chi connectivity index (χ4n) is 4.68. The maximum atomic E-state index is 13.1. The number of aliphatic hydroxyl groups excluding tert-OH is 1. The molecular weight excluding hydrogens is 348 g/mol. The monoisotopic (exact) mass is 378 g/mol. The number of fused-ring (bicyclic) bond motifs is 2. The van der Waals surface area contributed by atoms with Gasteiger partial charge in [0, 0.05) is 37.7 Å². The van der Waals surface area contributed by atoms with Crippen LogP contribution >= 0.6 is 11.3 Å². The van der Waals surface area contributed by atoms with E-state index < -0.39 is 0 Å². The van der Waals surface area contributed by atoms with Crippen molar-refractivity contribution in [1.82, 2.24) is 9.80 Å². The first-order valence-corrected chi connectivity index (χ1v) is 10.9. The fourth-order valence-corrected chi connectivity index (χ4v) is 6.06. The number of nitrogens with zero attached hydrogens (tertiary/aromatic N) is 2. The molecule has 3 aliphatic heterocycles. The van der Waals surface area contributed by atoms with E-state index in [2.05, 4.69) is 17.9 Å². The molecule has 1 atom stereocenters. The van der Waals surface area contributed by atoms with E-state index in [9.17, 15) is 9.90 Å². The average Bonchev–Trinajstić information content (AvgIpc) is 3.14. The molecule has 5 nitrogen and oxygen atoms in total. The number of thiophene rings is 1. The molecule has 4 heterocycles. The first-order valence-electron chi connectivity index (χ1n) is 10.0. The van der Waals surface area contributed by atoms with Crippen LogP contribution in [0.4, 0.5) is 0 Å². The minimum atomic E-state index is -0.169. The Bertz CT molecular complexity index is 651. The summed E-state index contributed by atoms with van der Waals surface area (Å²) in [6.45, 7) is 7.89. The van der Waals surface area contributed by atoms with Gasteiger partial charge in [-0.25, -0.2) is 0 Å². The lowest BCUT2D eigenvalue weighted by molar-refractivity contribution is -0.0944. The minimum Gasteiger partial charge on any atom is -0.396 e. The largest absolute Gasteiger partial charge is 0.396 e. The van der Waals surface area contributed by atoms with Gasteiger partial charge >= 0.3 is 0 Å².